The number of allylic oxidation sites excluding steroid dienone is 4. The molecule has 0 bridgehead atoms. The Morgan fingerprint density at radius 2 is 1.91 bits per heavy atom. The van der Waals surface area contributed by atoms with Gasteiger partial charge in [0.25, 0.3) is 4.33 Å². The summed E-state index contributed by atoms with van der Waals surface area (Å²) in [6, 6.07) is 6.79. The molecule has 0 heterocycles. The van der Waals surface area contributed by atoms with Crippen molar-refractivity contribution < 1.29 is 14.3 Å². The molecule has 1 aromatic rings. The molecule has 3 nitrogen and oxygen atoms in total. The van der Waals surface area contributed by atoms with Gasteiger partial charge in [0.05, 0.1) is 6.61 Å². The second-order valence-electron chi connectivity index (χ2n) is 4.69. The predicted octanol–water partition coefficient (Wildman–Crippen LogP) is 4.15. The molecule has 0 fully saturated rings. The number of ketones is 1. The zero-order chi connectivity index (χ0) is 16.2. The Morgan fingerprint density at radius 3 is 2.45 bits per heavy atom. The zero-order valence-electron chi connectivity index (χ0n) is 12.0. The Labute approximate surface area is 139 Å². The summed E-state index contributed by atoms with van der Waals surface area (Å²) in [7, 11) is 0. The summed E-state index contributed by atoms with van der Waals surface area (Å²) < 4.78 is 2.50. The van der Waals surface area contributed by atoms with Crippen molar-refractivity contribution in [2.24, 2.45) is 0 Å². The van der Waals surface area contributed by atoms with Crippen molar-refractivity contribution in [3.8, 4) is 0 Å². The third-order valence-electron chi connectivity index (χ3n) is 3.18. The van der Waals surface area contributed by atoms with Crippen LogP contribution in [0.2, 0.25) is 0 Å². The molecule has 0 atom stereocenters. The highest BCUT2D eigenvalue weighted by molar-refractivity contribution is 6.68. The van der Waals surface area contributed by atoms with E-state index in [2.05, 4.69) is 12.5 Å². The minimum Gasteiger partial charge on any atom is -0.463 e. The number of carbonyl (C=O) groups excluding carboxylic acids is 2. The number of alkyl halides is 2. The Hall–Kier alpha value is -1.58. The molecule has 1 aliphatic carbocycles. The lowest BCUT2D eigenvalue weighted by Gasteiger charge is -2.16. The van der Waals surface area contributed by atoms with E-state index in [1.807, 2.05) is 12.2 Å². The number of esters is 1. The van der Waals surface area contributed by atoms with E-state index >= 15 is 0 Å². The van der Waals surface area contributed by atoms with Gasteiger partial charge in [-0.15, -0.1) is 0 Å². The lowest BCUT2D eigenvalue weighted by molar-refractivity contribution is -0.142. The van der Waals surface area contributed by atoms with Crippen LogP contribution >= 0.6 is 23.2 Å². The van der Waals surface area contributed by atoms with Gasteiger partial charge in [0.2, 0.25) is 5.78 Å². The lowest BCUT2D eigenvalue weighted by Crippen LogP contribution is -2.37. The van der Waals surface area contributed by atoms with Crippen LogP contribution in [0.5, 0.6) is 0 Å². The van der Waals surface area contributed by atoms with Gasteiger partial charge in [-0.25, -0.2) is 4.79 Å². The van der Waals surface area contributed by atoms with Gasteiger partial charge in [0.1, 0.15) is 0 Å². The van der Waals surface area contributed by atoms with Crippen molar-refractivity contribution in [1.29, 1.82) is 0 Å². The summed E-state index contributed by atoms with van der Waals surface area (Å²) in [5.41, 5.74) is 2.32. The fourth-order valence-corrected chi connectivity index (χ4v) is 2.36. The standard InChI is InChI=1S/C17H15Cl2O3/c1-2-22-16(21)17(18,19)15(20)14-10-8-13(9-11-14)12-6-4-3-5-7-12/h3-4,6-11H,2,5H2,1H3. The molecule has 5 heteroatoms. The first-order valence-corrected chi connectivity index (χ1v) is 7.62. The van der Waals surface area contributed by atoms with Crippen LogP contribution in [0.15, 0.2) is 42.5 Å². The number of carbonyl (C=O) groups is 2. The maximum Gasteiger partial charge on any atom is 0.350 e. The van der Waals surface area contributed by atoms with Gasteiger partial charge in [-0.3, -0.25) is 4.79 Å². The molecule has 0 aliphatic heterocycles. The van der Waals surface area contributed by atoms with E-state index in [0.29, 0.717) is 0 Å². The fraction of sp³-hybridized carbons (Fsp3) is 0.235. The third-order valence-corrected chi connectivity index (χ3v) is 3.83. The average Bonchev–Trinajstić information content (AvgIpc) is 2.55. The van der Waals surface area contributed by atoms with Crippen LogP contribution in [0, 0.1) is 6.42 Å². The molecule has 0 spiro atoms. The summed E-state index contributed by atoms with van der Waals surface area (Å²) in [6.07, 6.45) is 8.99. The SMILES string of the molecule is CCOC(=O)C(Cl)(Cl)C(=O)c1ccc(C2=CC=CC[CH]2)cc1. The summed E-state index contributed by atoms with van der Waals surface area (Å²) in [5, 5.41) is 0. The predicted molar refractivity (Wildman–Crippen MR) is 87.9 cm³/mol. The van der Waals surface area contributed by atoms with Crippen molar-refractivity contribution in [3.63, 3.8) is 0 Å². The lowest BCUT2D eigenvalue weighted by atomic mass is 9.95. The minimum atomic E-state index is -2.23. The van der Waals surface area contributed by atoms with Crippen molar-refractivity contribution >= 4 is 40.5 Å². The summed E-state index contributed by atoms with van der Waals surface area (Å²) in [4.78, 5) is 23.9. The maximum atomic E-state index is 12.3. The Kier molecular flexibility index (Phi) is 5.43. The molecular formula is C17H15Cl2O3. The molecule has 2 rings (SSSR count). The first kappa shape index (κ1) is 16.8. The maximum absolute atomic E-state index is 12.3. The van der Waals surface area contributed by atoms with Gasteiger partial charge in [-0.2, -0.15) is 0 Å². The van der Waals surface area contributed by atoms with Crippen LogP contribution < -0.4 is 0 Å². The zero-order valence-corrected chi connectivity index (χ0v) is 13.5. The smallest absolute Gasteiger partial charge is 0.350 e. The van der Waals surface area contributed by atoms with Gasteiger partial charge < -0.3 is 4.74 Å². The molecule has 0 N–H and O–H groups in total. The van der Waals surface area contributed by atoms with E-state index in [1.165, 1.54) is 0 Å². The number of ether oxygens (including phenoxy) is 1. The first-order valence-electron chi connectivity index (χ1n) is 6.87. The average molecular weight is 338 g/mol. The molecule has 1 aromatic carbocycles. The number of Topliss-reactive ketones (excluding diaryl/α,β-unsaturated/α-hetero) is 1. The van der Waals surface area contributed by atoms with Crippen molar-refractivity contribution in [3.05, 3.63) is 60.0 Å². The Balaban J connectivity index is 2.19. The molecule has 1 aliphatic rings. The minimum absolute atomic E-state index is 0.101. The van der Waals surface area contributed by atoms with Crippen LogP contribution in [-0.4, -0.2) is 22.7 Å². The number of hydrogen-bond donors (Lipinski definition) is 0. The molecule has 0 saturated heterocycles. The van der Waals surface area contributed by atoms with Crippen LogP contribution in [0.1, 0.15) is 29.3 Å². The third kappa shape index (κ3) is 3.60. The van der Waals surface area contributed by atoms with E-state index in [0.717, 1.165) is 17.6 Å². The van der Waals surface area contributed by atoms with Gasteiger partial charge in [-0.1, -0.05) is 65.7 Å². The highest BCUT2D eigenvalue weighted by Gasteiger charge is 2.44. The van der Waals surface area contributed by atoms with Gasteiger partial charge in [0, 0.05) is 5.56 Å². The highest BCUT2D eigenvalue weighted by atomic mass is 35.5. The largest absolute Gasteiger partial charge is 0.463 e. The molecule has 0 aromatic heterocycles. The number of hydrogen-bond acceptors (Lipinski definition) is 3. The van der Waals surface area contributed by atoms with Gasteiger partial charge in [-0.05, 0) is 30.9 Å². The van der Waals surface area contributed by atoms with Crippen molar-refractivity contribution in [2.75, 3.05) is 6.61 Å². The molecule has 22 heavy (non-hydrogen) atoms. The van der Waals surface area contributed by atoms with Crippen molar-refractivity contribution in [2.45, 2.75) is 17.7 Å². The van der Waals surface area contributed by atoms with Crippen LogP contribution in [-0.2, 0) is 9.53 Å². The van der Waals surface area contributed by atoms with E-state index in [4.69, 9.17) is 27.9 Å². The normalized spacial score (nSPS) is 14.4. The van der Waals surface area contributed by atoms with E-state index < -0.39 is 16.1 Å². The molecule has 0 unspecified atom stereocenters. The molecule has 1 radical (unpaired) electrons. The second-order valence-corrected chi connectivity index (χ2v) is 6.02. The van der Waals surface area contributed by atoms with Crippen LogP contribution in [0.3, 0.4) is 0 Å². The topological polar surface area (TPSA) is 43.4 Å². The molecule has 0 amide bonds. The summed E-state index contributed by atoms with van der Waals surface area (Å²) >= 11 is 11.7. The number of rotatable bonds is 5. The molecule has 115 valence electrons. The summed E-state index contributed by atoms with van der Waals surface area (Å²) in [5.74, 6) is -1.65. The van der Waals surface area contributed by atoms with Gasteiger partial charge >= 0.3 is 5.97 Å². The molecule has 0 saturated carbocycles. The summed E-state index contributed by atoms with van der Waals surface area (Å²) in [6.45, 7) is 1.72. The first-order chi connectivity index (χ1) is 10.5. The quantitative estimate of drug-likeness (QED) is 0.351. The van der Waals surface area contributed by atoms with E-state index in [9.17, 15) is 9.59 Å². The number of benzene rings is 1. The fourth-order valence-electron chi connectivity index (χ4n) is 2.04. The monoisotopic (exact) mass is 337 g/mol. The van der Waals surface area contributed by atoms with E-state index in [-0.39, 0.29) is 12.2 Å². The number of halogens is 2. The van der Waals surface area contributed by atoms with Crippen LogP contribution in [0.4, 0.5) is 0 Å². The van der Waals surface area contributed by atoms with Crippen molar-refractivity contribution in [1.82, 2.24) is 0 Å². The van der Waals surface area contributed by atoms with Crippen LogP contribution in [0.25, 0.3) is 5.57 Å². The highest BCUT2D eigenvalue weighted by Crippen LogP contribution is 2.29. The second kappa shape index (κ2) is 7.12. The Bertz CT molecular complexity index is 628. The Morgan fingerprint density at radius 1 is 1.23 bits per heavy atom. The molecular weight excluding hydrogens is 323 g/mol. The van der Waals surface area contributed by atoms with E-state index in [1.54, 1.807) is 31.2 Å². The van der Waals surface area contributed by atoms with Gasteiger partial charge in [0.15, 0.2) is 0 Å².